The maximum absolute atomic E-state index is 11.3. The zero-order chi connectivity index (χ0) is 10.4. The summed E-state index contributed by atoms with van der Waals surface area (Å²) in [7, 11) is 0. The van der Waals surface area contributed by atoms with Gasteiger partial charge in [0.2, 0.25) is 0 Å². The number of Topliss-reactive ketones (excluding diaryl/α,β-unsaturated/α-hetero) is 1. The molecular formula is C12H15ClO. The summed E-state index contributed by atoms with van der Waals surface area (Å²) in [5, 5.41) is 0.744. The number of hydrogen-bond donors (Lipinski definition) is 0. The summed E-state index contributed by atoms with van der Waals surface area (Å²) in [6.45, 7) is 2.03. The number of carbonyl (C=O) groups excluding carboxylic acids is 1. The van der Waals surface area contributed by atoms with Crippen LogP contribution in [0.25, 0.3) is 0 Å². The monoisotopic (exact) mass is 210 g/mol. The third-order valence-corrected chi connectivity index (χ3v) is 2.39. The second kappa shape index (κ2) is 5.82. The van der Waals surface area contributed by atoms with Gasteiger partial charge in [0.1, 0.15) is 5.78 Å². The Kier molecular flexibility index (Phi) is 4.68. The average Bonchev–Trinajstić information content (AvgIpc) is 2.17. The van der Waals surface area contributed by atoms with Crippen molar-refractivity contribution in [3.63, 3.8) is 0 Å². The molecule has 1 aromatic carbocycles. The van der Waals surface area contributed by atoms with Gasteiger partial charge in [-0.3, -0.25) is 4.79 Å². The molecule has 0 aliphatic rings. The van der Waals surface area contributed by atoms with Crippen molar-refractivity contribution in [3.05, 3.63) is 34.9 Å². The fraction of sp³-hybridized carbons (Fsp3) is 0.417. The highest BCUT2D eigenvalue weighted by Gasteiger charge is 2.00. The summed E-state index contributed by atoms with van der Waals surface area (Å²) in [5.41, 5.74) is 1.18. The van der Waals surface area contributed by atoms with Crippen LogP contribution >= 0.6 is 11.6 Å². The van der Waals surface area contributed by atoms with E-state index in [1.54, 1.807) is 0 Å². The molecule has 14 heavy (non-hydrogen) atoms. The molecule has 2 heteroatoms. The molecule has 1 rings (SSSR count). The summed E-state index contributed by atoms with van der Waals surface area (Å²) in [6, 6.07) is 7.67. The van der Waals surface area contributed by atoms with Gasteiger partial charge in [-0.25, -0.2) is 0 Å². The van der Waals surface area contributed by atoms with Crippen LogP contribution in [0.3, 0.4) is 0 Å². The normalized spacial score (nSPS) is 10.1. The van der Waals surface area contributed by atoms with Gasteiger partial charge in [0, 0.05) is 17.9 Å². The smallest absolute Gasteiger partial charge is 0.133 e. The number of ketones is 1. The number of aryl methyl sites for hydroxylation is 1. The zero-order valence-corrected chi connectivity index (χ0v) is 9.18. The third-order valence-electron chi connectivity index (χ3n) is 2.13. The highest BCUT2D eigenvalue weighted by atomic mass is 35.5. The lowest BCUT2D eigenvalue weighted by Crippen LogP contribution is -1.98. The van der Waals surface area contributed by atoms with Gasteiger partial charge in [-0.05, 0) is 30.5 Å². The number of hydrogen-bond acceptors (Lipinski definition) is 1. The Labute approximate surface area is 90.1 Å². The van der Waals surface area contributed by atoms with E-state index < -0.39 is 0 Å². The van der Waals surface area contributed by atoms with Crippen molar-refractivity contribution in [3.8, 4) is 0 Å². The van der Waals surface area contributed by atoms with Crippen molar-refractivity contribution in [2.45, 2.75) is 32.6 Å². The minimum absolute atomic E-state index is 0.349. The first-order valence-corrected chi connectivity index (χ1v) is 5.36. The molecule has 0 saturated heterocycles. The lowest BCUT2D eigenvalue weighted by molar-refractivity contribution is -0.119. The zero-order valence-electron chi connectivity index (χ0n) is 8.42. The summed E-state index contributed by atoms with van der Waals surface area (Å²) in [5.74, 6) is 0.349. The van der Waals surface area contributed by atoms with Crippen molar-refractivity contribution in [2.75, 3.05) is 0 Å². The van der Waals surface area contributed by atoms with E-state index >= 15 is 0 Å². The van der Waals surface area contributed by atoms with Gasteiger partial charge >= 0.3 is 0 Å². The first-order valence-electron chi connectivity index (χ1n) is 4.98. The first-order chi connectivity index (χ1) is 6.72. The summed E-state index contributed by atoms with van der Waals surface area (Å²) < 4.78 is 0. The van der Waals surface area contributed by atoms with Crippen molar-refractivity contribution in [1.82, 2.24) is 0 Å². The predicted octanol–water partition coefficient (Wildman–Crippen LogP) is 3.64. The molecule has 76 valence electrons. The van der Waals surface area contributed by atoms with Crippen molar-refractivity contribution in [2.24, 2.45) is 0 Å². The summed E-state index contributed by atoms with van der Waals surface area (Å²) >= 11 is 5.76. The lowest BCUT2D eigenvalue weighted by Gasteiger charge is -2.00. The molecule has 0 aliphatic carbocycles. The van der Waals surface area contributed by atoms with Crippen LogP contribution in [-0.2, 0) is 11.2 Å². The van der Waals surface area contributed by atoms with E-state index in [-0.39, 0.29) is 0 Å². The molecule has 0 N–H and O–H groups in total. The van der Waals surface area contributed by atoms with E-state index in [0.29, 0.717) is 18.6 Å². The van der Waals surface area contributed by atoms with Gasteiger partial charge in [0.05, 0.1) is 0 Å². The number of benzene rings is 1. The molecule has 1 aromatic rings. The number of halogens is 1. The molecular weight excluding hydrogens is 196 g/mol. The Bertz CT molecular complexity index is 290. The molecule has 1 nitrogen and oxygen atoms in total. The molecule has 0 unspecified atom stereocenters. The summed E-state index contributed by atoms with van der Waals surface area (Å²) in [6.07, 6.45) is 3.12. The fourth-order valence-corrected chi connectivity index (χ4v) is 1.46. The molecule has 0 amide bonds. The van der Waals surface area contributed by atoms with Crippen molar-refractivity contribution < 1.29 is 4.79 Å². The Morgan fingerprint density at radius 2 is 1.86 bits per heavy atom. The van der Waals surface area contributed by atoms with Crippen LogP contribution in [0.2, 0.25) is 5.02 Å². The van der Waals surface area contributed by atoms with Crippen molar-refractivity contribution in [1.29, 1.82) is 0 Å². The van der Waals surface area contributed by atoms with Crippen LogP contribution in [-0.4, -0.2) is 5.78 Å². The second-order valence-corrected chi connectivity index (χ2v) is 3.85. The van der Waals surface area contributed by atoms with Crippen LogP contribution in [0, 0.1) is 0 Å². The molecule has 0 saturated carbocycles. The van der Waals surface area contributed by atoms with E-state index in [0.717, 1.165) is 17.9 Å². The van der Waals surface area contributed by atoms with Crippen LogP contribution in [0.15, 0.2) is 24.3 Å². The number of carbonyl (C=O) groups is 1. The minimum atomic E-state index is 0.349. The molecule has 0 aromatic heterocycles. The van der Waals surface area contributed by atoms with E-state index in [2.05, 4.69) is 0 Å². The highest BCUT2D eigenvalue weighted by molar-refractivity contribution is 6.30. The third kappa shape index (κ3) is 3.93. The average molecular weight is 211 g/mol. The van der Waals surface area contributed by atoms with E-state index in [9.17, 15) is 4.79 Å². The molecule has 0 fully saturated rings. The molecule has 0 spiro atoms. The highest BCUT2D eigenvalue weighted by Crippen LogP contribution is 2.11. The van der Waals surface area contributed by atoms with Gasteiger partial charge < -0.3 is 0 Å². The van der Waals surface area contributed by atoms with Gasteiger partial charge in [0.25, 0.3) is 0 Å². The second-order valence-electron chi connectivity index (χ2n) is 3.42. The topological polar surface area (TPSA) is 17.1 Å². The van der Waals surface area contributed by atoms with Crippen LogP contribution in [0.1, 0.15) is 31.7 Å². The lowest BCUT2D eigenvalue weighted by atomic mass is 10.1. The largest absolute Gasteiger partial charge is 0.300 e. The first kappa shape index (κ1) is 11.3. The number of rotatable bonds is 5. The van der Waals surface area contributed by atoms with Gasteiger partial charge in [-0.2, -0.15) is 0 Å². The molecule has 0 aliphatic heterocycles. The maximum Gasteiger partial charge on any atom is 0.133 e. The van der Waals surface area contributed by atoms with E-state index in [1.165, 1.54) is 5.56 Å². The molecule has 0 radical (unpaired) electrons. The van der Waals surface area contributed by atoms with Crippen LogP contribution in [0.5, 0.6) is 0 Å². The minimum Gasteiger partial charge on any atom is -0.300 e. The van der Waals surface area contributed by atoms with Crippen LogP contribution in [0.4, 0.5) is 0 Å². The Morgan fingerprint density at radius 3 is 2.43 bits per heavy atom. The molecule has 0 heterocycles. The van der Waals surface area contributed by atoms with Crippen LogP contribution < -0.4 is 0 Å². The van der Waals surface area contributed by atoms with Gasteiger partial charge in [-0.1, -0.05) is 30.7 Å². The van der Waals surface area contributed by atoms with E-state index in [4.69, 9.17) is 11.6 Å². The summed E-state index contributed by atoms with van der Waals surface area (Å²) in [4.78, 5) is 11.3. The Morgan fingerprint density at radius 1 is 1.21 bits per heavy atom. The Balaban J connectivity index is 2.38. The van der Waals surface area contributed by atoms with Gasteiger partial charge in [0.15, 0.2) is 0 Å². The fourth-order valence-electron chi connectivity index (χ4n) is 1.34. The van der Waals surface area contributed by atoms with E-state index in [1.807, 2.05) is 31.2 Å². The van der Waals surface area contributed by atoms with Gasteiger partial charge in [-0.15, -0.1) is 0 Å². The standard InChI is InChI=1S/C12H15ClO/c1-2-3-12(14)9-6-10-4-7-11(13)8-5-10/h4-5,7-8H,2-3,6,9H2,1H3. The molecule has 0 atom stereocenters. The Hall–Kier alpha value is -0.820. The maximum atomic E-state index is 11.3. The van der Waals surface area contributed by atoms with Crippen molar-refractivity contribution >= 4 is 17.4 Å². The SMILES string of the molecule is CCCC(=O)CCc1ccc(Cl)cc1. The predicted molar refractivity (Wildman–Crippen MR) is 59.7 cm³/mol. The molecule has 0 bridgehead atoms. The quantitative estimate of drug-likeness (QED) is 0.725.